The van der Waals surface area contributed by atoms with Gasteiger partial charge < -0.3 is 14.2 Å². The molecule has 138 valence electrons. The summed E-state index contributed by atoms with van der Waals surface area (Å²) in [5, 5.41) is 0. The predicted octanol–water partition coefficient (Wildman–Crippen LogP) is 4.53. The number of ether oxygens (including phenoxy) is 3. The van der Waals surface area contributed by atoms with Gasteiger partial charge in [-0.2, -0.15) is 0 Å². The molecule has 0 saturated carbocycles. The summed E-state index contributed by atoms with van der Waals surface area (Å²) < 4.78 is 16.2. The van der Waals surface area contributed by atoms with Gasteiger partial charge in [0.15, 0.2) is 5.76 Å². The third kappa shape index (κ3) is 3.50. The number of fused-ring (bicyclic) bond motifs is 1. The summed E-state index contributed by atoms with van der Waals surface area (Å²) in [7, 11) is 1.59. The Morgan fingerprint density at radius 2 is 1.64 bits per heavy atom. The number of hydrogen-bond donors (Lipinski definition) is 0. The first-order chi connectivity index (χ1) is 13.6. The van der Waals surface area contributed by atoms with E-state index in [9.17, 15) is 9.59 Å². The molecule has 1 aliphatic rings. The molecule has 0 bridgehead atoms. The monoisotopic (exact) mass is 372 g/mol. The SMILES string of the molecule is COc1ccc(C=C2Oc3cc(OC(=O)c4ccccc4)ccc3C2=O)cc1. The maximum atomic E-state index is 12.6. The highest BCUT2D eigenvalue weighted by Crippen LogP contribution is 2.35. The summed E-state index contributed by atoms with van der Waals surface area (Å²) in [6.45, 7) is 0. The van der Waals surface area contributed by atoms with Crippen LogP contribution in [0.3, 0.4) is 0 Å². The summed E-state index contributed by atoms with van der Waals surface area (Å²) in [5.41, 5.74) is 1.69. The topological polar surface area (TPSA) is 61.8 Å². The van der Waals surface area contributed by atoms with Gasteiger partial charge in [0.25, 0.3) is 0 Å². The number of benzene rings is 3. The molecule has 0 saturated heterocycles. The van der Waals surface area contributed by atoms with Crippen molar-refractivity contribution >= 4 is 17.8 Å². The van der Waals surface area contributed by atoms with Gasteiger partial charge in [0.1, 0.15) is 17.2 Å². The van der Waals surface area contributed by atoms with Crippen molar-refractivity contribution < 1.29 is 23.8 Å². The fourth-order valence-electron chi connectivity index (χ4n) is 2.82. The lowest BCUT2D eigenvalue weighted by Crippen LogP contribution is -2.08. The molecule has 28 heavy (non-hydrogen) atoms. The van der Waals surface area contributed by atoms with Crippen LogP contribution in [0.2, 0.25) is 0 Å². The molecule has 3 aromatic carbocycles. The van der Waals surface area contributed by atoms with E-state index in [0.717, 1.165) is 11.3 Å². The largest absolute Gasteiger partial charge is 0.497 e. The molecule has 4 rings (SSSR count). The minimum Gasteiger partial charge on any atom is -0.497 e. The molecule has 0 amide bonds. The molecule has 1 aliphatic heterocycles. The number of carbonyl (C=O) groups is 2. The fourth-order valence-corrected chi connectivity index (χ4v) is 2.82. The molecule has 0 unspecified atom stereocenters. The number of rotatable bonds is 4. The highest BCUT2D eigenvalue weighted by Gasteiger charge is 2.28. The van der Waals surface area contributed by atoms with Crippen LogP contribution in [0.4, 0.5) is 0 Å². The van der Waals surface area contributed by atoms with Crippen LogP contribution in [0.15, 0.2) is 78.6 Å². The quantitative estimate of drug-likeness (QED) is 0.382. The van der Waals surface area contributed by atoms with Crippen LogP contribution < -0.4 is 14.2 Å². The van der Waals surface area contributed by atoms with E-state index in [-0.39, 0.29) is 11.5 Å². The fraction of sp³-hybridized carbons (Fsp3) is 0.0435. The van der Waals surface area contributed by atoms with Crippen LogP contribution in [-0.4, -0.2) is 18.9 Å². The van der Waals surface area contributed by atoms with Crippen molar-refractivity contribution in [2.75, 3.05) is 7.11 Å². The van der Waals surface area contributed by atoms with Crippen LogP contribution in [0.25, 0.3) is 6.08 Å². The van der Waals surface area contributed by atoms with Gasteiger partial charge in [0.05, 0.1) is 18.2 Å². The van der Waals surface area contributed by atoms with Crippen molar-refractivity contribution in [1.82, 2.24) is 0 Å². The van der Waals surface area contributed by atoms with Gasteiger partial charge in [-0.15, -0.1) is 0 Å². The standard InChI is InChI=1S/C23H16O5/c1-26-17-9-7-15(8-10-17)13-21-22(24)19-12-11-18(14-20(19)28-21)27-23(25)16-5-3-2-4-6-16/h2-14H,1H3. The van der Waals surface area contributed by atoms with Crippen LogP contribution >= 0.6 is 0 Å². The van der Waals surface area contributed by atoms with E-state index >= 15 is 0 Å². The Morgan fingerprint density at radius 1 is 0.929 bits per heavy atom. The number of hydrogen-bond acceptors (Lipinski definition) is 5. The minimum absolute atomic E-state index is 0.215. The second-order valence-electron chi connectivity index (χ2n) is 6.13. The van der Waals surface area contributed by atoms with Crippen molar-refractivity contribution in [1.29, 1.82) is 0 Å². The maximum absolute atomic E-state index is 12.6. The summed E-state index contributed by atoms with van der Waals surface area (Å²) >= 11 is 0. The zero-order chi connectivity index (χ0) is 19.5. The Bertz CT molecular complexity index is 1070. The molecule has 0 aromatic heterocycles. The summed E-state index contributed by atoms with van der Waals surface area (Å²) in [6.07, 6.45) is 1.66. The zero-order valence-corrected chi connectivity index (χ0v) is 15.0. The summed E-state index contributed by atoms with van der Waals surface area (Å²) in [4.78, 5) is 24.7. The predicted molar refractivity (Wildman–Crippen MR) is 104 cm³/mol. The second kappa shape index (κ2) is 7.40. The molecule has 0 N–H and O–H groups in total. The van der Waals surface area contributed by atoms with Gasteiger partial charge >= 0.3 is 5.97 Å². The Morgan fingerprint density at radius 3 is 2.36 bits per heavy atom. The Kier molecular flexibility index (Phi) is 4.64. The van der Waals surface area contributed by atoms with Gasteiger partial charge in [-0.05, 0) is 48.0 Å². The molecular weight excluding hydrogens is 356 g/mol. The van der Waals surface area contributed by atoms with E-state index in [1.54, 1.807) is 67.8 Å². The molecule has 0 radical (unpaired) electrons. The van der Waals surface area contributed by atoms with Crippen molar-refractivity contribution in [3.05, 3.63) is 95.2 Å². The average molecular weight is 372 g/mol. The molecule has 3 aromatic rings. The van der Waals surface area contributed by atoms with E-state index in [1.807, 2.05) is 18.2 Å². The van der Waals surface area contributed by atoms with Gasteiger partial charge in [-0.25, -0.2) is 4.79 Å². The van der Waals surface area contributed by atoms with Gasteiger partial charge in [0.2, 0.25) is 5.78 Å². The first-order valence-electron chi connectivity index (χ1n) is 8.63. The second-order valence-corrected chi connectivity index (χ2v) is 6.13. The van der Waals surface area contributed by atoms with Crippen molar-refractivity contribution in [2.24, 2.45) is 0 Å². The lowest BCUT2D eigenvalue weighted by molar-refractivity contribution is 0.0734. The summed E-state index contributed by atoms with van der Waals surface area (Å²) in [5.74, 6) is 0.931. The lowest BCUT2D eigenvalue weighted by atomic mass is 10.1. The van der Waals surface area contributed by atoms with Crippen LogP contribution in [0, 0.1) is 0 Å². The first-order valence-corrected chi connectivity index (χ1v) is 8.63. The van der Waals surface area contributed by atoms with Crippen molar-refractivity contribution in [3.8, 4) is 17.2 Å². The number of Topliss-reactive ketones (excluding diaryl/α,β-unsaturated/α-hetero) is 1. The van der Waals surface area contributed by atoms with E-state index < -0.39 is 5.97 Å². The number of allylic oxidation sites excluding steroid dienone is 1. The lowest BCUT2D eigenvalue weighted by Gasteiger charge is -2.05. The highest BCUT2D eigenvalue weighted by molar-refractivity contribution is 6.14. The first kappa shape index (κ1) is 17.5. The Hall–Kier alpha value is -3.86. The smallest absolute Gasteiger partial charge is 0.343 e. The van der Waals surface area contributed by atoms with E-state index in [1.165, 1.54) is 0 Å². The van der Waals surface area contributed by atoms with E-state index in [0.29, 0.717) is 22.6 Å². The Labute approximate surface area is 161 Å². The van der Waals surface area contributed by atoms with Gasteiger partial charge in [-0.3, -0.25) is 4.79 Å². The maximum Gasteiger partial charge on any atom is 0.343 e. The van der Waals surface area contributed by atoms with Crippen LogP contribution in [-0.2, 0) is 0 Å². The molecule has 0 fully saturated rings. The normalized spacial score (nSPS) is 13.8. The van der Waals surface area contributed by atoms with Crippen LogP contribution in [0.5, 0.6) is 17.2 Å². The number of esters is 1. The van der Waals surface area contributed by atoms with Crippen molar-refractivity contribution in [2.45, 2.75) is 0 Å². The average Bonchev–Trinajstić information content (AvgIpc) is 3.04. The van der Waals surface area contributed by atoms with Gasteiger partial charge in [-0.1, -0.05) is 30.3 Å². The van der Waals surface area contributed by atoms with Crippen LogP contribution in [0.1, 0.15) is 26.3 Å². The highest BCUT2D eigenvalue weighted by atomic mass is 16.5. The van der Waals surface area contributed by atoms with E-state index in [2.05, 4.69) is 0 Å². The third-order valence-corrected chi connectivity index (χ3v) is 4.28. The molecule has 5 nitrogen and oxygen atoms in total. The molecular formula is C23H16O5. The molecule has 5 heteroatoms. The van der Waals surface area contributed by atoms with E-state index in [4.69, 9.17) is 14.2 Å². The molecule has 0 spiro atoms. The molecule has 1 heterocycles. The number of carbonyl (C=O) groups excluding carboxylic acids is 2. The molecule has 0 atom stereocenters. The van der Waals surface area contributed by atoms with Crippen molar-refractivity contribution in [3.63, 3.8) is 0 Å². The third-order valence-electron chi connectivity index (χ3n) is 4.28. The van der Waals surface area contributed by atoms with Gasteiger partial charge in [0, 0.05) is 6.07 Å². The summed E-state index contributed by atoms with van der Waals surface area (Å²) in [6, 6.07) is 20.7. The Balaban J connectivity index is 1.54. The number of methoxy groups -OCH3 is 1. The molecule has 0 aliphatic carbocycles. The zero-order valence-electron chi connectivity index (χ0n) is 15.0. The minimum atomic E-state index is -0.473. The number of ketones is 1.